The maximum atomic E-state index is 13.2. The van der Waals surface area contributed by atoms with Gasteiger partial charge in [0.05, 0.1) is 11.1 Å². The first kappa shape index (κ1) is 13.1. The third kappa shape index (κ3) is 3.28. The first-order valence-electron chi connectivity index (χ1n) is 4.91. The van der Waals surface area contributed by atoms with E-state index in [1.165, 1.54) is 6.07 Å². The molecule has 0 heterocycles. The molecule has 0 fully saturated rings. The Hall–Kier alpha value is -0.940. The number of benzene rings is 1. The summed E-state index contributed by atoms with van der Waals surface area (Å²) >= 11 is 3.11. The SMILES string of the molecule is CCOC(=O)C(N)Cc1cccc(F)c1Br. The zero-order valence-corrected chi connectivity index (χ0v) is 10.5. The minimum absolute atomic E-state index is 0.247. The van der Waals surface area contributed by atoms with Crippen molar-refractivity contribution in [2.45, 2.75) is 19.4 Å². The van der Waals surface area contributed by atoms with E-state index in [0.29, 0.717) is 10.0 Å². The van der Waals surface area contributed by atoms with Gasteiger partial charge in [0.25, 0.3) is 0 Å². The van der Waals surface area contributed by atoms with E-state index >= 15 is 0 Å². The fourth-order valence-electron chi connectivity index (χ4n) is 1.28. The van der Waals surface area contributed by atoms with Crippen LogP contribution in [0, 0.1) is 5.82 Å². The minimum Gasteiger partial charge on any atom is -0.465 e. The number of hydrogen-bond donors (Lipinski definition) is 1. The summed E-state index contributed by atoms with van der Waals surface area (Å²) in [5.74, 6) is -0.841. The molecule has 0 saturated carbocycles. The van der Waals surface area contributed by atoms with Crippen molar-refractivity contribution in [3.63, 3.8) is 0 Å². The van der Waals surface area contributed by atoms with Crippen molar-refractivity contribution >= 4 is 21.9 Å². The highest BCUT2D eigenvalue weighted by molar-refractivity contribution is 9.10. The Morgan fingerprint density at radius 2 is 2.31 bits per heavy atom. The molecule has 0 amide bonds. The molecule has 3 nitrogen and oxygen atoms in total. The van der Waals surface area contributed by atoms with Gasteiger partial charge >= 0.3 is 5.97 Å². The molecule has 1 rings (SSSR count). The van der Waals surface area contributed by atoms with Gasteiger partial charge in [0.1, 0.15) is 11.9 Å². The van der Waals surface area contributed by atoms with Crippen LogP contribution >= 0.6 is 15.9 Å². The molecule has 1 atom stereocenters. The molecule has 5 heteroatoms. The molecule has 1 unspecified atom stereocenters. The number of rotatable bonds is 4. The van der Waals surface area contributed by atoms with E-state index < -0.39 is 12.0 Å². The Bertz CT molecular complexity index is 384. The molecule has 0 aliphatic carbocycles. The largest absolute Gasteiger partial charge is 0.465 e. The molecule has 0 aromatic heterocycles. The van der Waals surface area contributed by atoms with Crippen LogP contribution in [0.1, 0.15) is 12.5 Å². The first-order chi connectivity index (χ1) is 7.56. The molecule has 0 bridgehead atoms. The van der Waals surface area contributed by atoms with Gasteiger partial charge < -0.3 is 10.5 Å². The molecule has 16 heavy (non-hydrogen) atoms. The number of esters is 1. The number of hydrogen-bond acceptors (Lipinski definition) is 3. The number of carbonyl (C=O) groups excluding carboxylic acids is 1. The summed E-state index contributed by atoms with van der Waals surface area (Å²) < 4.78 is 18.3. The lowest BCUT2D eigenvalue weighted by Gasteiger charge is -2.11. The molecule has 0 aliphatic heterocycles. The van der Waals surface area contributed by atoms with Crippen molar-refractivity contribution < 1.29 is 13.9 Å². The summed E-state index contributed by atoms with van der Waals surface area (Å²) in [6, 6.07) is 3.86. The van der Waals surface area contributed by atoms with Gasteiger partial charge in [-0.05, 0) is 40.9 Å². The van der Waals surface area contributed by atoms with Gasteiger partial charge in [-0.1, -0.05) is 12.1 Å². The van der Waals surface area contributed by atoms with E-state index in [1.807, 2.05) is 0 Å². The van der Waals surface area contributed by atoms with Crippen LogP contribution in [0.15, 0.2) is 22.7 Å². The van der Waals surface area contributed by atoms with Gasteiger partial charge in [-0.15, -0.1) is 0 Å². The summed E-state index contributed by atoms with van der Waals surface area (Å²) in [4.78, 5) is 11.3. The van der Waals surface area contributed by atoms with Crippen LogP contribution in [-0.2, 0) is 16.0 Å². The van der Waals surface area contributed by atoms with E-state index in [0.717, 1.165) is 0 Å². The molecule has 2 N–H and O–H groups in total. The summed E-state index contributed by atoms with van der Waals surface area (Å²) in [7, 11) is 0. The van der Waals surface area contributed by atoms with E-state index in [-0.39, 0.29) is 18.8 Å². The number of carbonyl (C=O) groups is 1. The zero-order chi connectivity index (χ0) is 12.1. The fraction of sp³-hybridized carbons (Fsp3) is 0.364. The van der Waals surface area contributed by atoms with Gasteiger partial charge in [-0.2, -0.15) is 0 Å². The van der Waals surface area contributed by atoms with Crippen LogP contribution in [0.4, 0.5) is 4.39 Å². The number of ether oxygens (including phenoxy) is 1. The Labute approximate surface area is 102 Å². The Morgan fingerprint density at radius 3 is 2.94 bits per heavy atom. The summed E-state index contributed by atoms with van der Waals surface area (Å²) in [5.41, 5.74) is 6.29. The van der Waals surface area contributed by atoms with Crippen LogP contribution < -0.4 is 5.73 Å². The molecular formula is C11H13BrFNO2. The van der Waals surface area contributed by atoms with Gasteiger partial charge in [0, 0.05) is 0 Å². The molecule has 0 aliphatic rings. The van der Waals surface area contributed by atoms with Crippen LogP contribution in [0.25, 0.3) is 0 Å². The van der Waals surface area contributed by atoms with Crippen LogP contribution in [0.2, 0.25) is 0 Å². The lowest BCUT2D eigenvalue weighted by Crippen LogP contribution is -2.34. The van der Waals surface area contributed by atoms with E-state index in [9.17, 15) is 9.18 Å². The lowest BCUT2D eigenvalue weighted by atomic mass is 10.1. The number of nitrogens with two attached hydrogens (primary N) is 1. The molecule has 1 aromatic rings. The predicted octanol–water partition coefficient (Wildman–Crippen LogP) is 2.02. The van der Waals surface area contributed by atoms with Crippen molar-refractivity contribution in [2.24, 2.45) is 5.73 Å². The summed E-state index contributed by atoms with van der Waals surface area (Å²) in [6.45, 7) is 2.00. The summed E-state index contributed by atoms with van der Waals surface area (Å²) in [6.07, 6.45) is 0.247. The predicted molar refractivity (Wildman–Crippen MR) is 62.4 cm³/mol. The van der Waals surface area contributed by atoms with Gasteiger partial charge in [0.2, 0.25) is 0 Å². The monoisotopic (exact) mass is 289 g/mol. The maximum Gasteiger partial charge on any atom is 0.323 e. The smallest absolute Gasteiger partial charge is 0.323 e. The van der Waals surface area contributed by atoms with Crippen molar-refractivity contribution in [1.29, 1.82) is 0 Å². The average molecular weight is 290 g/mol. The van der Waals surface area contributed by atoms with Crippen molar-refractivity contribution in [2.75, 3.05) is 6.61 Å². The standard InChI is InChI=1S/C11H13BrFNO2/c1-2-16-11(15)9(14)6-7-4-3-5-8(13)10(7)12/h3-5,9H,2,6,14H2,1H3. The normalized spacial score (nSPS) is 12.2. The van der Waals surface area contributed by atoms with Gasteiger partial charge in [-0.25, -0.2) is 4.39 Å². The minimum atomic E-state index is -0.766. The quantitative estimate of drug-likeness (QED) is 0.863. The van der Waals surface area contributed by atoms with Crippen molar-refractivity contribution in [1.82, 2.24) is 0 Å². The van der Waals surface area contributed by atoms with Crippen molar-refractivity contribution in [3.8, 4) is 0 Å². The summed E-state index contributed by atoms with van der Waals surface area (Å²) in [5, 5.41) is 0. The van der Waals surface area contributed by atoms with Gasteiger partial charge in [0.15, 0.2) is 0 Å². The van der Waals surface area contributed by atoms with Crippen LogP contribution in [0.3, 0.4) is 0 Å². The van der Waals surface area contributed by atoms with E-state index in [2.05, 4.69) is 15.9 Å². The molecule has 0 saturated heterocycles. The molecule has 0 radical (unpaired) electrons. The second kappa shape index (κ2) is 5.96. The molecule has 88 valence electrons. The molecular weight excluding hydrogens is 277 g/mol. The highest BCUT2D eigenvalue weighted by atomic mass is 79.9. The van der Waals surface area contributed by atoms with E-state index in [4.69, 9.17) is 10.5 Å². The van der Waals surface area contributed by atoms with Crippen LogP contribution in [0.5, 0.6) is 0 Å². The highest BCUT2D eigenvalue weighted by Crippen LogP contribution is 2.21. The Kier molecular flexibility index (Phi) is 4.89. The topological polar surface area (TPSA) is 52.3 Å². The highest BCUT2D eigenvalue weighted by Gasteiger charge is 2.17. The lowest BCUT2D eigenvalue weighted by molar-refractivity contribution is -0.144. The third-order valence-corrected chi connectivity index (χ3v) is 2.95. The second-order valence-corrected chi connectivity index (χ2v) is 4.07. The average Bonchev–Trinajstić information content (AvgIpc) is 2.25. The zero-order valence-electron chi connectivity index (χ0n) is 8.87. The third-order valence-electron chi connectivity index (χ3n) is 2.06. The fourth-order valence-corrected chi connectivity index (χ4v) is 1.70. The van der Waals surface area contributed by atoms with Gasteiger partial charge in [-0.3, -0.25) is 4.79 Å². The number of halogens is 2. The van der Waals surface area contributed by atoms with E-state index in [1.54, 1.807) is 19.1 Å². The second-order valence-electron chi connectivity index (χ2n) is 3.28. The Balaban J connectivity index is 2.73. The van der Waals surface area contributed by atoms with Crippen molar-refractivity contribution in [3.05, 3.63) is 34.1 Å². The molecule has 0 spiro atoms. The molecule has 1 aromatic carbocycles. The Morgan fingerprint density at radius 1 is 1.62 bits per heavy atom. The van der Waals surface area contributed by atoms with Crippen LogP contribution in [-0.4, -0.2) is 18.6 Å². The maximum absolute atomic E-state index is 13.2. The first-order valence-corrected chi connectivity index (χ1v) is 5.70.